The van der Waals surface area contributed by atoms with Gasteiger partial charge in [-0.05, 0) is 29.3 Å². The zero-order valence-corrected chi connectivity index (χ0v) is 11.2. The number of benzene rings is 2. The summed E-state index contributed by atoms with van der Waals surface area (Å²) in [5.41, 5.74) is 1.43. The Morgan fingerprint density at radius 2 is 1.76 bits per heavy atom. The van der Waals surface area contributed by atoms with Gasteiger partial charge in [-0.3, -0.25) is 9.59 Å². The average molecular weight is 282 g/mol. The van der Waals surface area contributed by atoms with Crippen LogP contribution in [0.1, 0.15) is 21.5 Å². The maximum absolute atomic E-state index is 12.1. The highest BCUT2D eigenvalue weighted by Crippen LogP contribution is 2.20. The number of hydrogen-bond acceptors (Lipinski definition) is 3. The number of phenols is 1. The summed E-state index contributed by atoms with van der Waals surface area (Å²) in [6.07, 6.45) is 2.81. The van der Waals surface area contributed by atoms with Gasteiger partial charge >= 0.3 is 5.97 Å². The number of rotatable bonds is 5. The highest BCUT2D eigenvalue weighted by Gasteiger charge is 2.10. The summed E-state index contributed by atoms with van der Waals surface area (Å²) < 4.78 is 0. The fraction of sp³-hybridized carbons (Fsp3) is 0.0588. The predicted molar refractivity (Wildman–Crippen MR) is 79.3 cm³/mol. The molecule has 21 heavy (non-hydrogen) atoms. The van der Waals surface area contributed by atoms with Gasteiger partial charge in [-0.15, -0.1) is 0 Å². The third kappa shape index (κ3) is 4.04. The van der Waals surface area contributed by atoms with Crippen molar-refractivity contribution in [2.75, 3.05) is 0 Å². The lowest BCUT2D eigenvalue weighted by atomic mass is 10.0. The van der Waals surface area contributed by atoms with Crippen LogP contribution in [-0.4, -0.2) is 22.0 Å². The molecule has 2 N–H and O–H groups in total. The Kier molecular flexibility index (Phi) is 4.51. The van der Waals surface area contributed by atoms with Gasteiger partial charge in [0.2, 0.25) is 0 Å². The van der Waals surface area contributed by atoms with Gasteiger partial charge in [0.25, 0.3) is 0 Å². The van der Waals surface area contributed by atoms with Crippen LogP contribution in [-0.2, 0) is 11.2 Å². The second-order valence-corrected chi connectivity index (χ2v) is 4.53. The van der Waals surface area contributed by atoms with E-state index in [2.05, 4.69) is 0 Å². The van der Waals surface area contributed by atoms with Crippen molar-refractivity contribution in [3.8, 4) is 5.75 Å². The number of phenolic OH excluding ortho intramolecular Hbond substituents is 1. The van der Waals surface area contributed by atoms with E-state index in [4.69, 9.17) is 5.11 Å². The molecule has 0 aliphatic rings. The molecule has 106 valence electrons. The Morgan fingerprint density at radius 3 is 2.43 bits per heavy atom. The molecule has 2 aromatic carbocycles. The molecule has 2 rings (SSSR count). The Bertz CT molecular complexity index is 687. The van der Waals surface area contributed by atoms with Gasteiger partial charge in [0.15, 0.2) is 5.78 Å². The average Bonchev–Trinajstić information content (AvgIpc) is 2.47. The highest BCUT2D eigenvalue weighted by molar-refractivity contribution is 6.08. The Morgan fingerprint density at radius 1 is 1.05 bits per heavy atom. The van der Waals surface area contributed by atoms with Crippen LogP contribution in [0.25, 0.3) is 6.08 Å². The van der Waals surface area contributed by atoms with Crippen molar-refractivity contribution in [1.82, 2.24) is 0 Å². The van der Waals surface area contributed by atoms with Gasteiger partial charge in [-0.25, -0.2) is 0 Å². The second-order valence-electron chi connectivity index (χ2n) is 4.53. The van der Waals surface area contributed by atoms with Crippen molar-refractivity contribution in [3.63, 3.8) is 0 Å². The topological polar surface area (TPSA) is 74.6 Å². The Balaban J connectivity index is 2.22. The fourth-order valence-electron chi connectivity index (χ4n) is 1.89. The van der Waals surface area contributed by atoms with E-state index in [-0.39, 0.29) is 23.5 Å². The van der Waals surface area contributed by atoms with E-state index in [1.807, 2.05) is 30.3 Å². The number of carbonyl (C=O) groups is 2. The van der Waals surface area contributed by atoms with Crippen molar-refractivity contribution >= 4 is 17.8 Å². The molecule has 0 aromatic heterocycles. The van der Waals surface area contributed by atoms with Crippen LogP contribution in [0.15, 0.2) is 54.6 Å². The molecule has 0 radical (unpaired) electrons. The van der Waals surface area contributed by atoms with Crippen LogP contribution in [0.2, 0.25) is 0 Å². The molecule has 0 fully saturated rings. The SMILES string of the molecule is O=C(O)Cc1ccc(O)c(C(=O)C=Cc2ccccc2)c1. The first-order valence-corrected chi connectivity index (χ1v) is 6.37. The van der Waals surface area contributed by atoms with Gasteiger partial charge in [-0.2, -0.15) is 0 Å². The van der Waals surface area contributed by atoms with Gasteiger partial charge in [0.1, 0.15) is 5.75 Å². The zero-order valence-electron chi connectivity index (χ0n) is 11.2. The van der Waals surface area contributed by atoms with Crippen LogP contribution in [0.3, 0.4) is 0 Å². The summed E-state index contributed by atoms with van der Waals surface area (Å²) in [6, 6.07) is 13.5. The Labute approximate surface area is 122 Å². The van der Waals surface area contributed by atoms with E-state index in [1.165, 1.54) is 24.3 Å². The molecule has 0 amide bonds. The molecule has 4 heteroatoms. The summed E-state index contributed by atoms with van der Waals surface area (Å²) >= 11 is 0. The lowest BCUT2D eigenvalue weighted by Gasteiger charge is -2.03. The maximum atomic E-state index is 12.1. The molecule has 0 aliphatic heterocycles. The monoisotopic (exact) mass is 282 g/mol. The van der Waals surface area contributed by atoms with E-state index >= 15 is 0 Å². The highest BCUT2D eigenvalue weighted by atomic mass is 16.4. The van der Waals surface area contributed by atoms with Crippen LogP contribution in [0.5, 0.6) is 5.75 Å². The van der Waals surface area contributed by atoms with Crippen molar-refractivity contribution < 1.29 is 19.8 Å². The molecular formula is C17H14O4. The lowest BCUT2D eigenvalue weighted by molar-refractivity contribution is -0.136. The first kappa shape index (κ1) is 14.5. The summed E-state index contributed by atoms with van der Waals surface area (Å²) in [5, 5.41) is 18.5. The number of allylic oxidation sites excluding steroid dienone is 1. The largest absolute Gasteiger partial charge is 0.507 e. The first-order chi connectivity index (χ1) is 10.1. The molecule has 0 aliphatic carbocycles. The molecular weight excluding hydrogens is 268 g/mol. The molecule has 0 spiro atoms. The zero-order chi connectivity index (χ0) is 15.2. The summed E-state index contributed by atoms with van der Waals surface area (Å²) in [5.74, 6) is -1.52. The molecule has 0 saturated heterocycles. The standard InChI is InChI=1S/C17H14O4/c18-15(8-6-12-4-2-1-3-5-12)14-10-13(11-17(20)21)7-9-16(14)19/h1-10,19H,11H2,(H,20,21). The van der Waals surface area contributed by atoms with Crippen molar-refractivity contribution in [3.05, 3.63) is 71.3 Å². The van der Waals surface area contributed by atoms with Crippen LogP contribution in [0.4, 0.5) is 0 Å². The number of carboxylic acid groups (broad SMARTS) is 1. The van der Waals surface area contributed by atoms with Crippen LogP contribution < -0.4 is 0 Å². The van der Waals surface area contributed by atoms with E-state index in [0.29, 0.717) is 5.56 Å². The smallest absolute Gasteiger partial charge is 0.307 e. The van der Waals surface area contributed by atoms with E-state index in [9.17, 15) is 14.7 Å². The molecule has 0 unspecified atom stereocenters. The van der Waals surface area contributed by atoms with Crippen molar-refractivity contribution in [2.24, 2.45) is 0 Å². The second kappa shape index (κ2) is 6.52. The van der Waals surface area contributed by atoms with Gasteiger partial charge in [0.05, 0.1) is 12.0 Å². The summed E-state index contributed by atoms with van der Waals surface area (Å²) in [6.45, 7) is 0. The minimum Gasteiger partial charge on any atom is -0.507 e. The molecule has 0 heterocycles. The molecule has 2 aromatic rings. The number of hydrogen-bond donors (Lipinski definition) is 2. The summed E-state index contributed by atoms with van der Waals surface area (Å²) in [4.78, 5) is 22.8. The van der Waals surface area contributed by atoms with E-state index in [0.717, 1.165) is 5.56 Å². The third-order valence-electron chi connectivity index (χ3n) is 2.91. The fourth-order valence-corrected chi connectivity index (χ4v) is 1.89. The molecule has 0 saturated carbocycles. The number of carbonyl (C=O) groups excluding carboxylic acids is 1. The third-order valence-corrected chi connectivity index (χ3v) is 2.91. The predicted octanol–water partition coefficient (Wildman–Crippen LogP) is 2.92. The minimum atomic E-state index is -0.987. The number of aromatic hydroxyl groups is 1. The number of carboxylic acids is 1. The van der Waals surface area contributed by atoms with Crippen molar-refractivity contribution in [2.45, 2.75) is 6.42 Å². The first-order valence-electron chi connectivity index (χ1n) is 6.37. The quantitative estimate of drug-likeness (QED) is 0.653. The van der Waals surface area contributed by atoms with Crippen LogP contribution >= 0.6 is 0 Å². The van der Waals surface area contributed by atoms with E-state index in [1.54, 1.807) is 6.08 Å². The van der Waals surface area contributed by atoms with E-state index < -0.39 is 5.97 Å². The normalized spacial score (nSPS) is 10.7. The van der Waals surface area contributed by atoms with Gasteiger partial charge < -0.3 is 10.2 Å². The maximum Gasteiger partial charge on any atom is 0.307 e. The van der Waals surface area contributed by atoms with Crippen molar-refractivity contribution in [1.29, 1.82) is 0 Å². The van der Waals surface area contributed by atoms with Gasteiger partial charge in [-0.1, -0.05) is 42.5 Å². The van der Waals surface area contributed by atoms with Gasteiger partial charge in [0, 0.05) is 0 Å². The summed E-state index contributed by atoms with van der Waals surface area (Å²) in [7, 11) is 0. The number of ketones is 1. The lowest BCUT2D eigenvalue weighted by Crippen LogP contribution is -2.02. The number of aliphatic carboxylic acids is 1. The van der Waals surface area contributed by atoms with Crippen LogP contribution in [0, 0.1) is 0 Å². The Hall–Kier alpha value is -2.88. The molecule has 0 bridgehead atoms. The molecule has 0 atom stereocenters. The minimum absolute atomic E-state index is 0.0981. The molecule has 4 nitrogen and oxygen atoms in total.